The van der Waals surface area contributed by atoms with Gasteiger partial charge in [-0.1, -0.05) is 0 Å². The molecule has 1 aromatic carbocycles. The van der Waals surface area contributed by atoms with Crippen molar-refractivity contribution in [2.75, 3.05) is 25.0 Å². The van der Waals surface area contributed by atoms with Gasteiger partial charge in [-0.3, -0.25) is 14.5 Å². The molecule has 0 bridgehead atoms. The molecule has 3 rings (SSSR count). The first kappa shape index (κ1) is 10.3. The summed E-state index contributed by atoms with van der Waals surface area (Å²) in [7, 11) is 1.50. The van der Waals surface area contributed by atoms with Crippen LogP contribution < -0.4 is 10.6 Å². The number of nitrogens with two attached hydrogens (primary N) is 1. The van der Waals surface area contributed by atoms with Crippen molar-refractivity contribution in [1.29, 1.82) is 0 Å². The summed E-state index contributed by atoms with van der Waals surface area (Å²) in [4.78, 5) is 26.8. The molecule has 2 heterocycles. The second-order valence-corrected chi connectivity index (χ2v) is 4.56. The minimum absolute atomic E-state index is 0.211. The molecule has 2 aliphatic rings. The molecule has 1 saturated heterocycles. The van der Waals surface area contributed by atoms with E-state index in [0.29, 0.717) is 11.1 Å². The predicted molar refractivity (Wildman–Crippen MR) is 63.1 cm³/mol. The van der Waals surface area contributed by atoms with E-state index in [0.717, 1.165) is 23.7 Å². The standard InChI is InChI=1S/C12H13N3O2/c1-14-11(16)9-3-2-8(4-10(9)12(14)17)15-5-7(13)6-15/h2-4,7H,5-6,13H2,1H3. The molecule has 2 aliphatic heterocycles. The number of carbonyl (C=O) groups is 2. The van der Waals surface area contributed by atoms with Crippen LogP contribution >= 0.6 is 0 Å². The van der Waals surface area contributed by atoms with E-state index >= 15 is 0 Å². The van der Waals surface area contributed by atoms with Crippen molar-refractivity contribution < 1.29 is 9.59 Å². The lowest BCUT2D eigenvalue weighted by atomic mass is 10.0. The van der Waals surface area contributed by atoms with Gasteiger partial charge in [0.2, 0.25) is 0 Å². The number of hydrogen-bond donors (Lipinski definition) is 1. The molecule has 0 aliphatic carbocycles. The van der Waals surface area contributed by atoms with Gasteiger partial charge in [0.1, 0.15) is 0 Å². The molecule has 0 saturated carbocycles. The van der Waals surface area contributed by atoms with Crippen molar-refractivity contribution in [3.05, 3.63) is 29.3 Å². The molecule has 0 spiro atoms. The fraction of sp³-hybridized carbons (Fsp3) is 0.333. The van der Waals surface area contributed by atoms with Gasteiger partial charge in [0.25, 0.3) is 11.8 Å². The molecule has 5 heteroatoms. The van der Waals surface area contributed by atoms with Crippen molar-refractivity contribution in [2.45, 2.75) is 6.04 Å². The van der Waals surface area contributed by atoms with Crippen molar-refractivity contribution in [1.82, 2.24) is 4.90 Å². The summed E-state index contributed by atoms with van der Waals surface area (Å²) in [5, 5.41) is 0. The average Bonchev–Trinajstić information content (AvgIpc) is 2.50. The third-order valence-corrected chi connectivity index (χ3v) is 3.35. The topological polar surface area (TPSA) is 66.6 Å². The number of amides is 2. The largest absolute Gasteiger partial charge is 0.368 e. The number of imide groups is 1. The zero-order valence-corrected chi connectivity index (χ0v) is 9.51. The summed E-state index contributed by atoms with van der Waals surface area (Å²) in [5.41, 5.74) is 7.67. The maximum Gasteiger partial charge on any atom is 0.261 e. The quantitative estimate of drug-likeness (QED) is 0.694. The second kappa shape index (κ2) is 3.30. The second-order valence-electron chi connectivity index (χ2n) is 4.56. The van der Waals surface area contributed by atoms with Crippen LogP contribution in [-0.2, 0) is 0 Å². The Morgan fingerprint density at radius 3 is 2.47 bits per heavy atom. The molecule has 2 N–H and O–H groups in total. The van der Waals surface area contributed by atoms with E-state index in [-0.39, 0.29) is 17.9 Å². The van der Waals surface area contributed by atoms with Gasteiger partial charge in [-0.2, -0.15) is 0 Å². The van der Waals surface area contributed by atoms with Gasteiger partial charge in [-0.25, -0.2) is 0 Å². The Labute approximate surface area is 98.8 Å². The van der Waals surface area contributed by atoms with E-state index in [1.54, 1.807) is 12.1 Å². The number of rotatable bonds is 1. The number of benzene rings is 1. The molecular formula is C12H13N3O2. The zero-order chi connectivity index (χ0) is 12.2. The summed E-state index contributed by atoms with van der Waals surface area (Å²) < 4.78 is 0. The number of nitrogens with zero attached hydrogens (tertiary/aromatic N) is 2. The van der Waals surface area contributed by atoms with Gasteiger partial charge in [-0.15, -0.1) is 0 Å². The van der Waals surface area contributed by atoms with Crippen LogP contribution in [0.5, 0.6) is 0 Å². The SMILES string of the molecule is CN1C(=O)c2ccc(N3CC(N)C3)cc2C1=O. The number of fused-ring (bicyclic) bond motifs is 1. The predicted octanol–water partition coefficient (Wildman–Crippen LogP) is 0.0597. The van der Waals surface area contributed by atoms with Crippen molar-refractivity contribution in [3.8, 4) is 0 Å². The highest BCUT2D eigenvalue weighted by Crippen LogP contribution is 2.28. The monoisotopic (exact) mass is 231 g/mol. The maximum atomic E-state index is 11.8. The molecular weight excluding hydrogens is 218 g/mol. The normalized spacial score (nSPS) is 19.6. The molecule has 5 nitrogen and oxygen atoms in total. The van der Waals surface area contributed by atoms with E-state index in [4.69, 9.17) is 5.73 Å². The van der Waals surface area contributed by atoms with Crippen LogP contribution in [0.4, 0.5) is 5.69 Å². The Bertz CT molecular complexity index is 520. The van der Waals surface area contributed by atoms with Gasteiger partial charge < -0.3 is 10.6 Å². The maximum absolute atomic E-state index is 11.8. The van der Waals surface area contributed by atoms with Crippen molar-refractivity contribution in [3.63, 3.8) is 0 Å². The summed E-state index contributed by atoms with van der Waals surface area (Å²) in [6, 6.07) is 5.58. The number of anilines is 1. The average molecular weight is 231 g/mol. The Morgan fingerprint density at radius 1 is 1.18 bits per heavy atom. The highest BCUT2D eigenvalue weighted by Gasteiger charge is 2.34. The van der Waals surface area contributed by atoms with Gasteiger partial charge in [0, 0.05) is 31.9 Å². The molecule has 17 heavy (non-hydrogen) atoms. The van der Waals surface area contributed by atoms with Crippen LogP contribution in [0.25, 0.3) is 0 Å². The fourth-order valence-electron chi connectivity index (χ4n) is 2.27. The third kappa shape index (κ3) is 1.36. The summed E-state index contributed by atoms with van der Waals surface area (Å²) in [5.74, 6) is -0.450. The molecule has 0 radical (unpaired) electrons. The Balaban J connectivity index is 1.98. The van der Waals surface area contributed by atoms with E-state index in [9.17, 15) is 9.59 Å². The van der Waals surface area contributed by atoms with Gasteiger partial charge in [-0.05, 0) is 18.2 Å². The number of hydrogen-bond acceptors (Lipinski definition) is 4. The highest BCUT2D eigenvalue weighted by molar-refractivity contribution is 6.21. The lowest BCUT2D eigenvalue weighted by molar-refractivity contribution is 0.0693. The van der Waals surface area contributed by atoms with Crippen LogP contribution in [0.1, 0.15) is 20.7 Å². The summed E-state index contributed by atoms with van der Waals surface area (Å²) >= 11 is 0. The minimum Gasteiger partial charge on any atom is -0.368 e. The molecule has 2 amide bonds. The van der Waals surface area contributed by atoms with Crippen molar-refractivity contribution >= 4 is 17.5 Å². The molecule has 0 atom stereocenters. The molecule has 1 fully saturated rings. The van der Waals surface area contributed by atoms with Gasteiger partial charge >= 0.3 is 0 Å². The van der Waals surface area contributed by atoms with Gasteiger partial charge in [0.15, 0.2) is 0 Å². The summed E-state index contributed by atoms with van der Waals surface area (Å²) in [6.07, 6.45) is 0. The molecule has 1 aromatic rings. The Kier molecular flexibility index (Phi) is 2.00. The van der Waals surface area contributed by atoms with Gasteiger partial charge in [0.05, 0.1) is 11.1 Å². The van der Waals surface area contributed by atoms with Crippen LogP contribution in [0.3, 0.4) is 0 Å². The van der Waals surface area contributed by atoms with Crippen LogP contribution in [0.15, 0.2) is 18.2 Å². The third-order valence-electron chi connectivity index (χ3n) is 3.35. The molecule has 0 aromatic heterocycles. The Hall–Kier alpha value is -1.88. The van der Waals surface area contributed by atoms with E-state index < -0.39 is 0 Å². The first-order chi connectivity index (χ1) is 8.08. The zero-order valence-electron chi connectivity index (χ0n) is 9.51. The van der Waals surface area contributed by atoms with Crippen LogP contribution in [0, 0.1) is 0 Å². The highest BCUT2D eigenvalue weighted by atomic mass is 16.2. The van der Waals surface area contributed by atoms with E-state index in [2.05, 4.69) is 4.90 Å². The lowest BCUT2D eigenvalue weighted by Gasteiger charge is -2.38. The van der Waals surface area contributed by atoms with Crippen LogP contribution in [0.2, 0.25) is 0 Å². The molecule has 88 valence electrons. The number of carbonyl (C=O) groups excluding carboxylic acids is 2. The van der Waals surface area contributed by atoms with E-state index in [1.807, 2.05) is 6.07 Å². The van der Waals surface area contributed by atoms with Crippen molar-refractivity contribution in [2.24, 2.45) is 5.73 Å². The Morgan fingerprint density at radius 2 is 1.82 bits per heavy atom. The lowest BCUT2D eigenvalue weighted by Crippen LogP contribution is -2.55. The molecule has 0 unspecified atom stereocenters. The fourth-order valence-corrected chi connectivity index (χ4v) is 2.27. The first-order valence-electron chi connectivity index (χ1n) is 5.55. The summed E-state index contributed by atoms with van der Waals surface area (Å²) in [6.45, 7) is 1.60. The smallest absolute Gasteiger partial charge is 0.261 e. The van der Waals surface area contributed by atoms with E-state index in [1.165, 1.54) is 7.05 Å². The first-order valence-corrected chi connectivity index (χ1v) is 5.55. The van der Waals surface area contributed by atoms with Crippen LogP contribution in [-0.4, -0.2) is 42.9 Å². The minimum atomic E-state index is -0.225.